The molecule has 10 nitrogen and oxygen atoms in total. The molecule has 0 bridgehead atoms. The molecule has 6 aromatic rings. The minimum atomic E-state index is -0.441. The van der Waals surface area contributed by atoms with E-state index in [1.165, 1.54) is 28.4 Å². The van der Waals surface area contributed by atoms with Gasteiger partial charge in [-0.2, -0.15) is 0 Å². The Labute approximate surface area is 289 Å². The molecule has 0 amide bonds. The first-order valence-electron chi connectivity index (χ1n) is 15.7. The second kappa shape index (κ2) is 13.3. The van der Waals surface area contributed by atoms with Crippen molar-refractivity contribution in [1.82, 2.24) is 0 Å². The molecule has 0 aromatic heterocycles. The predicted octanol–water partition coefficient (Wildman–Crippen LogP) is 8.43. The van der Waals surface area contributed by atoms with E-state index in [0.717, 1.165) is 32.8 Å². The van der Waals surface area contributed by atoms with E-state index >= 15 is 0 Å². The smallest absolute Gasteiger partial charge is 0.337 e. The van der Waals surface area contributed by atoms with E-state index in [1.807, 2.05) is 62.4 Å². The first-order chi connectivity index (χ1) is 24.1. The summed E-state index contributed by atoms with van der Waals surface area (Å²) in [5.74, 6) is 2.26. The lowest BCUT2D eigenvalue weighted by molar-refractivity contribution is 0.0601. The minimum absolute atomic E-state index is 0.0187. The van der Waals surface area contributed by atoms with Crippen LogP contribution in [0.25, 0.3) is 43.8 Å². The number of nitrogen functional groups attached to an aromatic ring is 2. The number of benzene rings is 6. The Morgan fingerprint density at radius 3 is 1.96 bits per heavy atom. The number of fused-ring (bicyclic) bond motifs is 2. The number of aromatic hydroxyl groups is 1. The number of methoxy groups -OCH3 is 5. The van der Waals surface area contributed by atoms with Gasteiger partial charge >= 0.3 is 5.97 Å². The van der Waals surface area contributed by atoms with Crippen LogP contribution in [0, 0.1) is 13.8 Å². The van der Waals surface area contributed by atoms with Crippen LogP contribution >= 0.6 is 0 Å². The van der Waals surface area contributed by atoms with Gasteiger partial charge in [0.05, 0.1) is 46.7 Å². The van der Waals surface area contributed by atoms with Gasteiger partial charge in [0.25, 0.3) is 0 Å². The number of esters is 1. The summed E-state index contributed by atoms with van der Waals surface area (Å²) in [4.78, 5) is 12.4. The molecule has 0 aliphatic carbocycles. The van der Waals surface area contributed by atoms with Crippen LogP contribution in [0.3, 0.4) is 0 Å². The molecule has 0 heterocycles. The topological polar surface area (TPSA) is 145 Å². The molecule has 0 saturated heterocycles. The van der Waals surface area contributed by atoms with Crippen LogP contribution in [0.15, 0.2) is 72.8 Å². The lowest BCUT2D eigenvalue weighted by Crippen LogP contribution is -2.03. The number of nitrogens with two attached hydrogens (primary N) is 2. The number of phenolic OH excluding ortho intramolecular Hbond substituents is 1. The molecule has 0 atom stereocenters. The van der Waals surface area contributed by atoms with E-state index < -0.39 is 5.97 Å². The van der Waals surface area contributed by atoms with Gasteiger partial charge in [0.1, 0.15) is 23.0 Å². The van der Waals surface area contributed by atoms with E-state index in [0.29, 0.717) is 73.5 Å². The number of carbonyl (C=O) groups is 1. The largest absolute Gasteiger partial charge is 0.507 e. The van der Waals surface area contributed by atoms with E-state index in [1.54, 1.807) is 31.4 Å². The van der Waals surface area contributed by atoms with Gasteiger partial charge in [-0.15, -0.1) is 0 Å². The van der Waals surface area contributed by atoms with Gasteiger partial charge < -0.3 is 45.0 Å². The minimum Gasteiger partial charge on any atom is -0.507 e. The zero-order chi connectivity index (χ0) is 35.9. The Bertz CT molecular complexity index is 2320. The molecule has 0 fully saturated rings. The van der Waals surface area contributed by atoms with Crippen LogP contribution in [0.1, 0.15) is 21.5 Å². The maximum absolute atomic E-state index is 12.4. The number of ether oxygens (including phenoxy) is 6. The summed E-state index contributed by atoms with van der Waals surface area (Å²) in [6.07, 6.45) is 0. The summed E-state index contributed by atoms with van der Waals surface area (Å²) >= 11 is 0. The molecule has 50 heavy (non-hydrogen) atoms. The van der Waals surface area contributed by atoms with Gasteiger partial charge in [-0.05, 0) is 83.4 Å². The van der Waals surface area contributed by atoms with Gasteiger partial charge in [-0.1, -0.05) is 24.3 Å². The van der Waals surface area contributed by atoms with Crippen LogP contribution in [0.5, 0.6) is 40.2 Å². The highest BCUT2D eigenvalue weighted by molar-refractivity contribution is 6.07. The fraction of sp³-hybridized carbons (Fsp3) is 0.175. The number of rotatable bonds is 9. The number of aryl methyl sites for hydroxylation is 1. The fourth-order valence-electron chi connectivity index (χ4n) is 6.71. The van der Waals surface area contributed by atoms with Gasteiger partial charge in [0.2, 0.25) is 5.75 Å². The average molecular weight is 675 g/mol. The van der Waals surface area contributed by atoms with E-state index in [9.17, 15) is 9.90 Å². The maximum atomic E-state index is 12.4. The first kappa shape index (κ1) is 33.6. The quantitative estimate of drug-likeness (QED) is 0.101. The van der Waals surface area contributed by atoms with Crippen LogP contribution in [0.4, 0.5) is 11.4 Å². The monoisotopic (exact) mass is 674 g/mol. The van der Waals surface area contributed by atoms with Crippen molar-refractivity contribution in [3.8, 4) is 62.5 Å². The number of hydrogen-bond acceptors (Lipinski definition) is 10. The number of phenols is 1. The highest BCUT2D eigenvalue weighted by Gasteiger charge is 2.25. The lowest BCUT2D eigenvalue weighted by atomic mass is 9.90. The number of anilines is 2. The zero-order valence-electron chi connectivity index (χ0n) is 28.9. The third-order valence-electron chi connectivity index (χ3n) is 8.90. The standard InChI is InChI=1S/C40H38N2O8/c1-20-16-28(41)33(21(2)37(20)46-4)35-26-13-9-24(40(44)49-7)17-23(26)11-15-31(35)50-25-12-8-22-10-14-30(43)34(27(22)18-25)36-29(42)19-32(45-3)38(47-5)39(36)48-6/h8-19,43H,41-42H2,1-7H3. The van der Waals surface area contributed by atoms with E-state index in [2.05, 4.69) is 0 Å². The Morgan fingerprint density at radius 1 is 0.600 bits per heavy atom. The third kappa shape index (κ3) is 5.54. The Kier molecular flexibility index (Phi) is 8.95. The van der Waals surface area contributed by atoms with Crippen LogP contribution < -0.4 is 35.2 Å². The summed E-state index contributed by atoms with van der Waals surface area (Å²) < 4.78 is 34.4. The first-order valence-corrected chi connectivity index (χ1v) is 15.7. The van der Waals surface area contributed by atoms with E-state index in [-0.39, 0.29) is 5.75 Å². The molecule has 6 aromatic carbocycles. The summed E-state index contributed by atoms with van der Waals surface area (Å²) in [7, 11) is 7.49. The van der Waals surface area contributed by atoms with Crippen molar-refractivity contribution >= 4 is 38.9 Å². The maximum Gasteiger partial charge on any atom is 0.337 e. The zero-order valence-corrected chi connectivity index (χ0v) is 28.9. The van der Waals surface area contributed by atoms with Crippen molar-refractivity contribution in [2.24, 2.45) is 0 Å². The SMILES string of the molecule is COC(=O)c1ccc2c(-c3c(N)cc(C)c(OC)c3C)c(Oc3ccc4ccc(O)c(-c5c(N)cc(OC)c(OC)c5OC)c4c3)ccc2c1. The second-order valence-corrected chi connectivity index (χ2v) is 11.7. The third-order valence-corrected chi connectivity index (χ3v) is 8.90. The number of carbonyl (C=O) groups excluding carboxylic acids is 1. The van der Waals surface area contributed by atoms with Crippen LogP contribution in [-0.2, 0) is 4.74 Å². The molecule has 256 valence electrons. The Hall–Kier alpha value is -6.29. The van der Waals surface area contributed by atoms with Crippen molar-refractivity contribution in [3.05, 3.63) is 89.5 Å². The Morgan fingerprint density at radius 2 is 1.28 bits per heavy atom. The summed E-state index contributed by atoms with van der Waals surface area (Å²) in [5.41, 5.74) is 18.6. The van der Waals surface area contributed by atoms with Crippen LogP contribution in [-0.4, -0.2) is 46.6 Å². The fourth-order valence-corrected chi connectivity index (χ4v) is 6.71. The molecule has 10 heteroatoms. The van der Waals surface area contributed by atoms with Gasteiger partial charge in [-0.25, -0.2) is 4.79 Å². The van der Waals surface area contributed by atoms with Crippen molar-refractivity contribution in [1.29, 1.82) is 0 Å². The van der Waals surface area contributed by atoms with Crippen molar-refractivity contribution < 1.29 is 38.3 Å². The summed E-state index contributed by atoms with van der Waals surface area (Å²) in [6, 6.07) is 21.6. The van der Waals surface area contributed by atoms with Gasteiger partial charge in [0.15, 0.2) is 11.5 Å². The molecule has 0 radical (unpaired) electrons. The highest BCUT2D eigenvalue weighted by atomic mass is 16.5. The highest BCUT2D eigenvalue weighted by Crippen LogP contribution is 2.52. The number of hydrogen-bond donors (Lipinski definition) is 3. The van der Waals surface area contributed by atoms with Gasteiger partial charge in [-0.3, -0.25) is 0 Å². The molecule has 0 aliphatic heterocycles. The molecular weight excluding hydrogens is 636 g/mol. The Balaban J connectivity index is 1.60. The molecule has 5 N–H and O–H groups in total. The van der Waals surface area contributed by atoms with Crippen molar-refractivity contribution in [2.45, 2.75) is 13.8 Å². The molecule has 0 unspecified atom stereocenters. The van der Waals surface area contributed by atoms with Crippen molar-refractivity contribution in [3.63, 3.8) is 0 Å². The normalized spacial score (nSPS) is 11.0. The summed E-state index contributed by atoms with van der Waals surface area (Å²) in [6.45, 7) is 3.90. The molecule has 0 aliphatic rings. The lowest BCUT2D eigenvalue weighted by Gasteiger charge is -2.21. The van der Waals surface area contributed by atoms with Gasteiger partial charge in [0, 0.05) is 39.7 Å². The average Bonchev–Trinajstić information content (AvgIpc) is 3.11. The second-order valence-electron chi connectivity index (χ2n) is 11.7. The molecule has 0 saturated carbocycles. The molecule has 6 rings (SSSR count). The van der Waals surface area contributed by atoms with Crippen LogP contribution in [0.2, 0.25) is 0 Å². The van der Waals surface area contributed by atoms with E-state index in [4.69, 9.17) is 39.9 Å². The molecule has 0 spiro atoms. The molecular formula is C40H38N2O8. The summed E-state index contributed by atoms with van der Waals surface area (Å²) in [5, 5.41) is 14.4. The predicted molar refractivity (Wildman–Crippen MR) is 196 cm³/mol. The van der Waals surface area contributed by atoms with Crippen molar-refractivity contribution in [2.75, 3.05) is 47.0 Å².